The third-order valence-corrected chi connectivity index (χ3v) is 5.32. The lowest BCUT2D eigenvalue weighted by molar-refractivity contribution is -0.384. The van der Waals surface area contributed by atoms with E-state index in [-0.39, 0.29) is 30.2 Å². The molecule has 0 spiro atoms. The summed E-state index contributed by atoms with van der Waals surface area (Å²) in [5.74, 6) is -0.490. The van der Waals surface area contributed by atoms with Gasteiger partial charge in [0.25, 0.3) is 11.6 Å². The van der Waals surface area contributed by atoms with E-state index in [1.54, 1.807) is 18.2 Å². The largest absolute Gasteiger partial charge is 0.506 e. The minimum atomic E-state index is -0.645. The Morgan fingerprint density at radius 3 is 2.86 bits per heavy atom. The van der Waals surface area contributed by atoms with E-state index in [0.717, 1.165) is 6.07 Å². The van der Waals surface area contributed by atoms with Crippen molar-refractivity contribution >= 4 is 57.6 Å². The summed E-state index contributed by atoms with van der Waals surface area (Å²) in [5, 5.41) is 22.9. The first kappa shape index (κ1) is 20.6. The van der Waals surface area contributed by atoms with Crippen molar-refractivity contribution < 1.29 is 24.0 Å². The molecule has 0 bridgehead atoms. The van der Waals surface area contributed by atoms with Crippen molar-refractivity contribution in [1.29, 1.82) is 0 Å². The van der Waals surface area contributed by atoms with E-state index in [9.17, 15) is 24.8 Å². The average molecular weight is 433 g/mol. The number of benzene rings is 1. The second-order valence-electron chi connectivity index (χ2n) is 5.96. The maximum atomic E-state index is 12.5. The molecule has 2 aromatic rings. The van der Waals surface area contributed by atoms with Crippen molar-refractivity contribution in [3.8, 4) is 5.75 Å². The minimum absolute atomic E-state index is 0.0741. The Kier molecular flexibility index (Phi) is 6.29. The highest BCUT2D eigenvalue weighted by Gasteiger charge is 2.31. The number of anilines is 1. The van der Waals surface area contributed by atoms with E-state index in [1.807, 2.05) is 0 Å². The molecule has 1 fully saturated rings. The zero-order chi connectivity index (χ0) is 21.0. The van der Waals surface area contributed by atoms with Gasteiger partial charge in [0.1, 0.15) is 15.8 Å². The van der Waals surface area contributed by atoms with Crippen LogP contribution in [-0.4, -0.2) is 37.6 Å². The van der Waals surface area contributed by atoms with Crippen LogP contribution in [0.25, 0.3) is 6.08 Å². The van der Waals surface area contributed by atoms with Crippen molar-refractivity contribution in [2.75, 3.05) is 11.9 Å². The second kappa shape index (κ2) is 8.88. The fourth-order valence-corrected chi connectivity index (χ4v) is 3.83. The van der Waals surface area contributed by atoms with Crippen LogP contribution >= 0.6 is 24.0 Å². The Balaban J connectivity index is 1.52. The molecule has 0 atom stereocenters. The summed E-state index contributed by atoms with van der Waals surface area (Å²) >= 11 is 6.40. The molecule has 2 N–H and O–H groups in total. The quantitative estimate of drug-likeness (QED) is 0.223. The van der Waals surface area contributed by atoms with Gasteiger partial charge >= 0.3 is 0 Å². The number of thiocarbonyl (C=S) groups is 1. The Morgan fingerprint density at radius 2 is 2.21 bits per heavy atom. The lowest BCUT2D eigenvalue weighted by Crippen LogP contribution is -2.29. The molecule has 0 saturated carbocycles. The molecule has 0 aliphatic carbocycles. The van der Waals surface area contributed by atoms with Gasteiger partial charge in [-0.05, 0) is 24.6 Å². The molecule has 0 unspecified atom stereocenters. The first-order valence-corrected chi connectivity index (χ1v) is 9.64. The second-order valence-corrected chi connectivity index (χ2v) is 7.63. The van der Waals surface area contributed by atoms with Gasteiger partial charge in [-0.25, -0.2) is 0 Å². The van der Waals surface area contributed by atoms with Gasteiger partial charge in [-0.3, -0.25) is 24.6 Å². The van der Waals surface area contributed by atoms with Gasteiger partial charge in [0, 0.05) is 25.1 Å². The lowest BCUT2D eigenvalue weighted by atomic mass is 10.2. The number of nitrogens with zero attached hydrogens (tertiary/aromatic N) is 2. The van der Waals surface area contributed by atoms with Gasteiger partial charge in [-0.1, -0.05) is 24.0 Å². The van der Waals surface area contributed by atoms with Crippen LogP contribution in [0.4, 0.5) is 11.4 Å². The molecule has 1 aromatic carbocycles. The van der Waals surface area contributed by atoms with E-state index >= 15 is 0 Å². The third kappa shape index (κ3) is 5.00. The number of hydrogen-bond donors (Lipinski definition) is 2. The van der Waals surface area contributed by atoms with Gasteiger partial charge in [0.15, 0.2) is 0 Å². The maximum Gasteiger partial charge on any atom is 0.273 e. The van der Waals surface area contributed by atoms with Crippen LogP contribution in [0.2, 0.25) is 0 Å². The van der Waals surface area contributed by atoms with Crippen LogP contribution in [0, 0.1) is 10.1 Å². The molecule has 2 amide bonds. The number of hydrogen-bond acceptors (Lipinski definition) is 8. The molecule has 1 aromatic heterocycles. The van der Waals surface area contributed by atoms with Crippen molar-refractivity contribution in [2.45, 2.75) is 12.8 Å². The number of carbonyl (C=O) groups excluding carboxylic acids is 2. The van der Waals surface area contributed by atoms with Gasteiger partial charge in [0.05, 0.1) is 27.8 Å². The molecule has 150 valence electrons. The molecule has 1 aliphatic heterocycles. The zero-order valence-corrected chi connectivity index (χ0v) is 16.5. The molecule has 9 nitrogen and oxygen atoms in total. The highest BCUT2D eigenvalue weighted by molar-refractivity contribution is 8.26. The molecule has 1 saturated heterocycles. The number of thioether (sulfide) groups is 1. The van der Waals surface area contributed by atoms with Crippen LogP contribution in [-0.2, 0) is 9.59 Å². The SMILES string of the molecule is O=C(CCCN1C(=O)C(=Cc2ccco2)SC1=S)Nc1ccc([N+](=O)[O-])cc1O. The Morgan fingerprint density at radius 1 is 1.41 bits per heavy atom. The smallest absolute Gasteiger partial charge is 0.273 e. The number of phenols is 1. The van der Waals surface area contributed by atoms with Crippen LogP contribution in [0.5, 0.6) is 5.75 Å². The molecule has 29 heavy (non-hydrogen) atoms. The fraction of sp³-hybridized carbons (Fsp3) is 0.167. The summed E-state index contributed by atoms with van der Waals surface area (Å²) in [7, 11) is 0. The van der Waals surface area contributed by atoms with Crippen molar-refractivity contribution in [1.82, 2.24) is 4.90 Å². The molecule has 11 heteroatoms. The highest BCUT2D eigenvalue weighted by Crippen LogP contribution is 2.33. The summed E-state index contributed by atoms with van der Waals surface area (Å²) < 4.78 is 5.60. The van der Waals surface area contributed by atoms with Gasteiger partial charge in [0.2, 0.25) is 5.91 Å². The number of carbonyl (C=O) groups is 2. The van der Waals surface area contributed by atoms with Crippen LogP contribution in [0.15, 0.2) is 45.9 Å². The number of non-ortho nitro benzene ring substituents is 1. The maximum absolute atomic E-state index is 12.5. The molecule has 2 heterocycles. The number of amides is 2. The molecular weight excluding hydrogens is 418 g/mol. The highest BCUT2D eigenvalue weighted by atomic mass is 32.2. The standard InChI is InChI=1S/C18H15N3O6S2/c22-14-9-11(21(25)26)5-6-13(14)19-16(23)4-1-7-20-17(24)15(29-18(20)28)10-12-3-2-8-27-12/h2-3,5-6,8-10,22H,1,4,7H2,(H,19,23). The predicted molar refractivity (Wildman–Crippen MR) is 111 cm³/mol. The lowest BCUT2D eigenvalue weighted by Gasteiger charge is -2.14. The summed E-state index contributed by atoms with van der Waals surface area (Å²) in [6.07, 6.45) is 3.54. The van der Waals surface area contributed by atoms with Crippen molar-refractivity contribution in [3.63, 3.8) is 0 Å². The van der Waals surface area contributed by atoms with Crippen LogP contribution in [0.1, 0.15) is 18.6 Å². The Bertz CT molecular complexity index is 1000. The van der Waals surface area contributed by atoms with E-state index in [2.05, 4.69) is 5.32 Å². The summed E-state index contributed by atoms with van der Waals surface area (Å²) in [6.45, 7) is 0.264. The Labute approximate surface area is 174 Å². The van der Waals surface area contributed by atoms with E-state index in [4.69, 9.17) is 16.6 Å². The van der Waals surface area contributed by atoms with E-state index in [0.29, 0.717) is 21.4 Å². The van der Waals surface area contributed by atoms with E-state index < -0.39 is 16.6 Å². The number of furan rings is 1. The zero-order valence-electron chi connectivity index (χ0n) is 14.9. The van der Waals surface area contributed by atoms with E-state index in [1.165, 1.54) is 35.1 Å². The summed E-state index contributed by atoms with van der Waals surface area (Å²) in [4.78, 5) is 36.4. The third-order valence-electron chi connectivity index (χ3n) is 3.94. The minimum Gasteiger partial charge on any atom is -0.506 e. The topological polar surface area (TPSA) is 126 Å². The van der Waals surface area contributed by atoms with Crippen molar-refractivity contribution in [2.24, 2.45) is 0 Å². The molecule has 0 radical (unpaired) electrons. The molecule has 3 rings (SSSR count). The fourth-order valence-electron chi connectivity index (χ4n) is 2.55. The Hall–Kier alpha value is -3.18. The van der Waals surface area contributed by atoms with Crippen LogP contribution < -0.4 is 5.32 Å². The summed E-state index contributed by atoms with van der Waals surface area (Å²) in [6, 6.07) is 6.84. The number of phenolic OH excluding ortho intramolecular Hbond substituents is 1. The first-order valence-electron chi connectivity index (χ1n) is 8.41. The average Bonchev–Trinajstić information content (AvgIpc) is 3.27. The molecule has 1 aliphatic rings. The van der Waals surface area contributed by atoms with Crippen LogP contribution in [0.3, 0.4) is 0 Å². The monoisotopic (exact) mass is 433 g/mol. The molecular formula is C18H15N3O6S2. The number of rotatable bonds is 7. The first-order chi connectivity index (χ1) is 13.8. The number of nitro benzene ring substituents is 1. The summed E-state index contributed by atoms with van der Waals surface area (Å²) in [5.41, 5.74) is -0.204. The normalized spacial score (nSPS) is 15.2. The van der Waals surface area contributed by atoms with Gasteiger partial charge in [-0.2, -0.15) is 0 Å². The number of nitrogens with one attached hydrogen (secondary N) is 1. The van der Waals surface area contributed by atoms with Gasteiger partial charge in [-0.15, -0.1) is 0 Å². The van der Waals surface area contributed by atoms with Gasteiger partial charge < -0.3 is 14.8 Å². The van der Waals surface area contributed by atoms with Crippen molar-refractivity contribution in [3.05, 3.63) is 57.4 Å². The number of aromatic hydroxyl groups is 1. The number of nitro groups is 1. The predicted octanol–water partition coefficient (Wildman–Crippen LogP) is 3.51.